The molecule has 2 rings (SSSR count). The monoisotopic (exact) mass is 167 g/mol. The fourth-order valence-electron chi connectivity index (χ4n) is 1.15. The van der Waals surface area contributed by atoms with Gasteiger partial charge in [0.15, 0.2) is 0 Å². The van der Waals surface area contributed by atoms with Crippen molar-refractivity contribution in [3.05, 3.63) is 12.3 Å². The van der Waals surface area contributed by atoms with Crippen LogP contribution in [-0.2, 0) is 9.53 Å². The van der Waals surface area contributed by atoms with E-state index in [0.717, 1.165) is 12.2 Å². The van der Waals surface area contributed by atoms with Gasteiger partial charge < -0.3 is 10.1 Å². The van der Waals surface area contributed by atoms with Crippen molar-refractivity contribution in [2.45, 2.75) is 12.5 Å². The summed E-state index contributed by atoms with van der Waals surface area (Å²) in [4.78, 5) is 11.0. The molecule has 0 saturated carbocycles. The summed E-state index contributed by atoms with van der Waals surface area (Å²) in [6.07, 6.45) is 2.35. The Morgan fingerprint density at radius 1 is 1.75 bits per heavy atom. The molecule has 1 unspecified atom stereocenters. The lowest BCUT2D eigenvalue weighted by Gasteiger charge is -2.06. The Morgan fingerprint density at radius 2 is 2.67 bits per heavy atom. The van der Waals surface area contributed by atoms with E-state index < -0.39 is 0 Å². The third-order valence-corrected chi connectivity index (χ3v) is 1.77. The molecule has 1 aromatic rings. The highest BCUT2D eigenvalue weighted by atomic mass is 16.5. The van der Waals surface area contributed by atoms with Gasteiger partial charge in [0.05, 0.1) is 12.8 Å². The van der Waals surface area contributed by atoms with Crippen molar-refractivity contribution in [2.24, 2.45) is 0 Å². The van der Waals surface area contributed by atoms with Crippen LogP contribution in [0.1, 0.15) is 6.42 Å². The summed E-state index contributed by atoms with van der Waals surface area (Å²) in [6.45, 7) is 0.505. The zero-order valence-electron chi connectivity index (χ0n) is 6.41. The fourth-order valence-corrected chi connectivity index (χ4v) is 1.15. The predicted octanol–water partition coefficient (Wildman–Crippen LogP) is 0.137. The summed E-state index contributed by atoms with van der Waals surface area (Å²) in [5, 5.41) is 9.44. The first-order valence-electron chi connectivity index (χ1n) is 3.79. The highest BCUT2D eigenvalue weighted by Gasteiger charge is 2.26. The quantitative estimate of drug-likeness (QED) is 0.615. The van der Waals surface area contributed by atoms with Gasteiger partial charge in [0.1, 0.15) is 11.9 Å². The molecule has 0 bridgehead atoms. The molecule has 0 amide bonds. The average molecular weight is 167 g/mol. The minimum Gasteiger partial charge on any atom is -0.464 e. The van der Waals surface area contributed by atoms with E-state index in [-0.39, 0.29) is 12.0 Å². The SMILES string of the molecule is O=C1OCCC1Nc1ccn[nH]1. The summed E-state index contributed by atoms with van der Waals surface area (Å²) < 4.78 is 4.78. The topological polar surface area (TPSA) is 67.0 Å². The Hall–Kier alpha value is -1.52. The maximum Gasteiger partial charge on any atom is 0.328 e. The highest BCUT2D eigenvalue weighted by molar-refractivity contribution is 5.80. The number of esters is 1. The molecule has 2 N–H and O–H groups in total. The molecule has 0 spiro atoms. The molecule has 64 valence electrons. The number of anilines is 1. The summed E-state index contributed by atoms with van der Waals surface area (Å²) >= 11 is 0. The average Bonchev–Trinajstić information content (AvgIpc) is 2.65. The van der Waals surface area contributed by atoms with Gasteiger partial charge >= 0.3 is 5.97 Å². The van der Waals surface area contributed by atoms with Gasteiger partial charge in [-0.3, -0.25) is 5.10 Å². The van der Waals surface area contributed by atoms with E-state index in [2.05, 4.69) is 15.5 Å². The Kier molecular flexibility index (Phi) is 1.69. The number of ether oxygens (including phenoxy) is 1. The molecule has 0 radical (unpaired) electrons. The summed E-state index contributed by atoms with van der Waals surface area (Å²) in [6, 6.07) is 1.55. The number of nitrogens with zero attached hydrogens (tertiary/aromatic N) is 1. The minimum absolute atomic E-state index is 0.190. The molecule has 12 heavy (non-hydrogen) atoms. The van der Waals surface area contributed by atoms with Gasteiger partial charge in [-0.15, -0.1) is 0 Å². The maximum absolute atomic E-state index is 11.0. The first-order valence-corrected chi connectivity index (χ1v) is 3.79. The number of aromatic nitrogens is 2. The van der Waals surface area contributed by atoms with E-state index in [1.54, 1.807) is 12.3 Å². The Bertz CT molecular complexity index is 270. The molecule has 5 heteroatoms. The van der Waals surface area contributed by atoms with E-state index in [0.29, 0.717) is 6.61 Å². The molecule has 0 aromatic carbocycles. The minimum atomic E-state index is -0.217. The molecule has 1 saturated heterocycles. The van der Waals surface area contributed by atoms with Gasteiger partial charge in [0.25, 0.3) is 0 Å². The lowest BCUT2D eigenvalue weighted by molar-refractivity contribution is -0.138. The van der Waals surface area contributed by atoms with Crippen LogP contribution in [0.25, 0.3) is 0 Å². The second-order valence-corrected chi connectivity index (χ2v) is 2.62. The third-order valence-electron chi connectivity index (χ3n) is 1.77. The molecule has 1 fully saturated rings. The molecular formula is C7H9N3O2. The van der Waals surface area contributed by atoms with Crippen LogP contribution in [0.2, 0.25) is 0 Å². The second kappa shape index (κ2) is 2.84. The number of cyclic esters (lactones) is 1. The maximum atomic E-state index is 11.0. The molecular weight excluding hydrogens is 158 g/mol. The van der Waals surface area contributed by atoms with Gasteiger partial charge in [0, 0.05) is 6.42 Å². The van der Waals surface area contributed by atoms with E-state index in [4.69, 9.17) is 4.74 Å². The zero-order valence-corrected chi connectivity index (χ0v) is 6.41. The van der Waals surface area contributed by atoms with Crippen LogP contribution in [0.5, 0.6) is 0 Å². The van der Waals surface area contributed by atoms with Crippen molar-refractivity contribution >= 4 is 11.8 Å². The summed E-state index contributed by atoms with van der Waals surface area (Å²) in [5.74, 6) is 0.559. The predicted molar refractivity (Wildman–Crippen MR) is 41.6 cm³/mol. The Morgan fingerprint density at radius 3 is 3.25 bits per heavy atom. The molecule has 5 nitrogen and oxygen atoms in total. The third kappa shape index (κ3) is 1.25. The van der Waals surface area contributed by atoms with E-state index in [1.807, 2.05) is 0 Å². The van der Waals surface area contributed by atoms with E-state index >= 15 is 0 Å². The van der Waals surface area contributed by atoms with Gasteiger partial charge in [-0.2, -0.15) is 5.10 Å². The number of carbonyl (C=O) groups is 1. The normalized spacial score (nSPS) is 22.3. The zero-order chi connectivity index (χ0) is 8.39. The van der Waals surface area contributed by atoms with Crippen LogP contribution in [-0.4, -0.2) is 28.8 Å². The van der Waals surface area contributed by atoms with Gasteiger partial charge in [-0.1, -0.05) is 0 Å². The molecule has 1 aliphatic heterocycles. The first kappa shape index (κ1) is 7.15. The Labute approximate surface area is 69.1 Å². The first-order chi connectivity index (χ1) is 5.86. The number of rotatable bonds is 2. The van der Waals surface area contributed by atoms with Gasteiger partial charge in [-0.25, -0.2) is 4.79 Å². The number of H-pyrrole nitrogens is 1. The summed E-state index contributed by atoms with van der Waals surface area (Å²) in [7, 11) is 0. The number of aromatic amines is 1. The smallest absolute Gasteiger partial charge is 0.328 e. The molecule has 1 aromatic heterocycles. The van der Waals surface area contributed by atoms with Crippen molar-refractivity contribution in [1.82, 2.24) is 10.2 Å². The van der Waals surface area contributed by atoms with Crippen molar-refractivity contribution in [1.29, 1.82) is 0 Å². The van der Waals surface area contributed by atoms with E-state index in [9.17, 15) is 4.79 Å². The number of nitrogens with one attached hydrogen (secondary N) is 2. The molecule has 2 heterocycles. The lowest BCUT2D eigenvalue weighted by atomic mass is 10.2. The van der Waals surface area contributed by atoms with Crippen LogP contribution in [0.3, 0.4) is 0 Å². The van der Waals surface area contributed by atoms with Crippen LogP contribution in [0, 0.1) is 0 Å². The van der Waals surface area contributed by atoms with Crippen LogP contribution in [0.15, 0.2) is 12.3 Å². The van der Waals surface area contributed by atoms with Crippen molar-refractivity contribution in [3.8, 4) is 0 Å². The molecule has 0 aliphatic carbocycles. The van der Waals surface area contributed by atoms with Crippen molar-refractivity contribution < 1.29 is 9.53 Å². The number of carbonyl (C=O) groups excluding carboxylic acids is 1. The number of hydrogen-bond donors (Lipinski definition) is 2. The standard InChI is InChI=1S/C7H9N3O2/c11-7-5(2-4-12-7)9-6-1-3-8-10-6/h1,3,5H,2,4H2,(H2,8,9,10). The van der Waals surface area contributed by atoms with Crippen molar-refractivity contribution in [2.75, 3.05) is 11.9 Å². The second-order valence-electron chi connectivity index (χ2n) is 2.62. The summed E-state index contributed by atoms with van der Waals surface area (Å²) in [5.41, 5.74) is 0. The van der Waals surface area contributed by atoms with Crippen molar-refractivity contribution in [3.63, 3.8) is 0 Å². The largest absolute Gasteiger partial charge is 0.464 e. The van der Waals surface area contributed by atoms with Gasteiger partial charge in [0.2, 0.25) is 0 Å². The Balaban J connectivity index is 1.99. The van der Waals surface area contributed by atoms with Crippen LogP contribution < -0.4 is 5.32 Å². The fraction of sp³-hybridized carbons (Fsp3) is 0.429. The van der Waals surface area contributed by atoms with E-state index in [1.165, 1.54) is 0 Å². The van der Waals surface area contributed by atoms with Crippen LogP contribution in [0.4, 0.5) is 5.82 Å². The lowest BCUT2D eigenvalue weighted by Crippen LogP contribution is -2.24. The van der Waals surface area contributed by atoms with Crippen LogP contribution >= 0.6 is 0 Å². The molecule has 1 atom stereocenters. The highest BCUT2D eigenvalue weighted by Crippen LogP contribution is 2.11. The van der Waals surface area contributed by atoms with Gasteiger partial charge in [-0.05, 0) is 6.07 Å². The number of hydrogen-bond acceptors (Lipinski definition) is 4. The molecule has 1 aliphatic rings.